The Labute approximate surface area is 110 Å². The van der Waals surface area contributed by atoms with E-state index in [2.05, 4.69) is 6.92 Å². The van der Waals surface area contributed by atoms with Gasteiger partial charge in [-0.05, 0) is 19.8 Å². The lowest BCUT2D eigenvalue weighted by molar-refractivity contribution is -0.132. The zero-order chi connectivity index (χ0) is 14.2. The number of aliphatic carboxylic acids is 1. The SMILES string of the molecule is CCCCCC(=C(C)C(=O)O)[Si](OC)(OC)OC. The Morgan fingerprint density at radius 2 is 1.61 bits per heavy atom. The minimum Gasteiger partial charge on any atom is -0.478 e. The molecule has 0 aliphatic carbocycles. The third-order valence-electron chi connectivity index (χ3n) is 2.98. The molecule has 0 unspecified atom stereocenters. The van der Waals surface area contributed by atoms with Crippen molar-refractivity contribution in [2.75, 3.05) is 21.3 Å². The van der Waals surface area contributed by atoms with Crippen LogP contribution in [-0.4, -0.2) is 41.2 Å². The summed E-state index contributed by atoms with van der Waals surface area (Å²) in [4.78, 5) is 11.2. The fourth-order valence-electron chi connectivity index (χ4n) is 1.87. The van der Waals surface area contributed by atoms with E-state index >= 15 is 0 Å². The smallest absolute Gasteiger partial charge is 0.478 e. The third-order valence-corrected chi connectivity index (χ3v) is 5.96. The molecule has 0 aliphatic heterocycles. The largest absolute Gasteiger partial charge is 0.532 e. The molecule has 0 radical (unpaired) electrons. The first-order valence-corrected chi connectivity index (χ1v) is 7.80. The highest BCUT2D eigenvalue weighted by Crippen LogP contribution is 2.26. The number of carboxylic acids is 1. The maximum absolute atomic E-state index is 11.2. The molecular formula is C12H24O5Si. The number of hydrogen-bond donors (Lipinski definition) is 1. The zero-order valence-electron chi connectivity index (χ0n) is 11.9. The molecule has 0 rings (SSSR count). The summed E-state index contributed by atoms with van der Waals surface area (Å²) in [6.45, 7) is 3.67. The van der Waals surface area contributed by atoms with Crippen LogP contribution in [0.3, 0.4) is 0 Å². The molecular weight excluding hydrogens is 252 g/mol. The molecule has 0 aromatic rings. The van der Waals surface area contributed by atoms with Gasteiger partial charge in [0.05, 0.1) is 0 Å². The van der Waals surface area contributed by atoms with Crippen LogP contribution >= 0.6 is 0 Å². The Bertz CT molecular complexity index is 289. The Hall–Kier alpha value is -0.693. The molecule has 6 heteroatoms. The molecule has 0 heterocycles. The predicted molar refractivity (Wildman–Crippen MR) is 71.3 cm³/mol. The topological polar surface area (TPSA) is 65.0 Å². The second kappa shape index (κ2) is 8.42. The number of rotatable bonds is 9. The molecule has 0 fully saturated rings. The van der Waals surface area contributed by atoms with Crippen LogP contribution in [-0.2, 0) is 18.1 Å². The summed E-state index contributed by atoms with van der Waals surface area (Å²) in [5.74, 6) is -0.954. The molecule has 18 heavy (non-hydrogen) atoms. The van der Waals surface area contributed by atoms with Crippen LogP contribution in [0, 0.1) is 0 Å². The van der Waals surface area contributed by atoms with E-state index in [4.69, 9.17) is 18.4 Å². The molecule has 0 saturated heterocycles. The van der Waals surface area contributed by atoms with Gasteiger partial charge in [-0.3, -0.25) is 0 Å². The summed E-state index contributed by atoms with van der Waals surface area (Å²) in [5.41, 5.74) is 0.267. The van der Waals surface area contributed by atoms with Crippen molar-refractivity contribution in [3.8, 4) is 0 Å². The van der Waals surface area contributed by atoms with Crippen molar-refractivity contribution >= 4 is 14.8 Å². The van der Waals surface area contributed by atoms with E-state index in [1.807, 2.05) is 0 Å². The maximum Gasteiger partial charge on any atom is 0.532 e. The molecule has 0 aromatic heterocycles. The van der Waals surface area contributed by atoms with E-state index in [1.54, 1.807) is 6.92 Å². The first kappa shape index (κ1) is 17.3. The van der Waals surface area contributed by atoms with Crippen molar-refractivity contribution in [3.63, 3.8) is 0 Å². The number of hydrogen-bond acceptors (Lipinski definition) is 4. The highest BCUT2D eigenvalue weighted by atomic mass is 28.4. The highest BCUT2D eigenvalue weighted by Gasteiger charge is 2.44. The molecule has 0 atom stereocenters. The molecule has 106 valence electrons. The first-order chi connectivity index (χ1) is 8.48. The van der Waals surface area contributed by atoms with Gasteiger partial charge < -0.3 is 18.4 Å². The number of carboxylic acid groups (broad SMARTS) is 1. The van der Waals surface area contributed by atoms with Gasteiger partial charge in [0.25, 0.3) is 0 Å². The third kappa shape index (κ3) is 4.20. The summed E-state index contributed by atoms with van der Waals surface area (Å²) < 4.78 is 16.1. The van der Waals surface area contributed by atoms with Crippen molar-refractivity contribution in [2.24, 2.45) is 0 Å². The number of unbranched alkanes of at least 4 members (excludes halogenated alkanes) is 2. The quantitative estimate of drug-likeness (QED) is 0.398. The molecule has 5 nitrogen and oxygen atoms in total. The standard InChI is InChI=1S/C12H24O5Si/c1-6-7-8-9-11(10(2)12(13)14)18(15-3,16-4)17-5/h6-9H2,1-5H3,(H,13,14). The van der Waals surface area contributed by atoms with Crippen LogP contribution in [0.1, 0.15) is 39.5 Å². The summed E-state index contributed by atoms with van der Waals surface area (Å²) in [7, 11) is 1.46. The van der Waals surface area contributed by atoms with E-state index in [0.717, 1.165) is 19.3 Å². The van der Waals surface area contributed by atoms with Crippen LogP contribution in [0.25, 0.3) is 0 Å². The van der Waals surface area contributed by atoms with Gasteiger partial charge in [-0.25, -0.2) is 4.79 Å². The van der Waals surface area contributed by atoms with E-state index in [-0.39, 0.29) is 5.57 Å². The minimum absolute atomic E-state index is 0.267. The van der Waals surface area contributed by atoms with Gasteiger partial charge in [-0.15, -0.1) is 0 Å². The summed E-state index contributed by atoms with van der Waals surface area (Å²) in [6.07, 6.45) is 3.65. The predicted octanol–water partition coefficient (Wildman–Crippen LogP) is 2.39. The lowest BCUT2D eigenvalue weighted by atomic mass is 10.1. The Morgan fingerprint density at radius 3 is 1.94 bits per heavy atom. The van der Waals surface area contributed by atoms with E-state index in [0.29, 0.717) is 11.6 Å². The molecule has 0 bridgehead atoms. The number of allylic oxidation sites excluding steroid dienone is 1. The normalized spacial score (nSPS) is 13.4. The van der Waals surface area contributed by atoms with Gasteiger partial charge >= 0.3 is 14.8 Å². The van der Waals surface area contributed by atoms with Gasteiger partial charge in [0.2, 0.25) is 0 Å². The van der Waals surface area contributed by atoms with Gasteiger partial charge in [-0.2, -0.15) is 0 Å². The molecule has 0 aromatic carbocycles. The fourth-order valence-corrected chi connectivity index (χ4v) is 4.16. The van der Waals surface area contributed by atoms with Crippen LogP contribution in [0.5, 0.6) is 0 Å². The molecule has 0 amide bonds. The van der Waals surface area contributed by atoms with Crippen molar-refractivity contribution in [3.05, 3.63) is 10.8 Å². The Kier molecular flexibility index (Phi) is 8.09. The van der Waals surface area contributed by atoms with Crippen LogP contribution < -0.4 is 0 Å². The molecule has 0 aliphatic rings. The zero-order valence-corrected chi connectivity index (χ0v) is 12.9. The van der Waals surface area contributed by atoms with Crippen LogP contribution in [0.15, 0.2) is 10.8 Å². The van der Waals surface area contributed by atoms with E-state index in [9.17, 15) is 4.79 Å². The van der Waals surface area contributed by atoms with Gasteiger partial charge in [0, 0.05) is 32.1 Å². The summed E-state index contributed by atoms with van der Waals surface area (Å²) in [5, 5.41) is 9.82. The van der Waals surface area contributed by atoms with Crippen molar-refractivity contribution in [2.45, 2.75) is 39.5 Å². The second-order valence-electron chi connectivity index (χ2n) is 4.03. The van der Waals surface area contributed by atoms with Crippen LogP contribution in [0.4, 0.5) is 0 Å². The fraction of sp³-hybridized carbons (Fsp3) is 0.750. The van der Waals surface area contributed by atoms with Crippen molar-refractivity contribution < 1.29 is 23.2 Å². The van der Waals surface area contributed by atoms with Gasteiger partial charge in [-0.1, -0.05) is 19.8 Å². The van der Waals surface area contributed by atoms with Gasteiger partial charge in [0.1, 0.15) is 0 Å². The lowest BCUT2D eigenvalue weighted by Crippen LogP contribution is -2.46. The number of carbonyl (C=O) groups is 1. The minimum atomic E-state index is -3.02. The highest BCUT2D eigenvalue weighted by molar-refractivity contribution is 6.69. The Balaban J connectivity index is 5.31. The monoisotopic (exact) mass is 276 g/mol. The van der Waals surface area contributed by atoms with Crippen molar-refractivity contribution in [1.29, 1.82) is 0 Å². The average molecular weight is 276 g/mol. The summed E-state index contributed by atoms with van der Waals surface area (Å²) in [6, 6.07) is 0. The maximum atomic E-state index is 11.2. The van der Waals surface area contributed by atoms with Crippen molar-refractivity contribution in [1.82, 2.24) is 0 Å². The van der Waals surface area contributed by atoms with Crippen LogP contribution in [0.2, 0.25) is 0 Å². The van der Waals surface area contributed by atoms with Gasteiger partial charge in [0.15, 0.2) is 0 Å². The second-order valence-corrected chi connectivity index (χ2v) is 6.98. The average Bonchev–Trinajstić information content (AvgIpc) is 2.38. The first-order valence-electron chi connectivity index (χ1n) is 6.08. The lowest BCUT2D eigenvalue weighted by Gasteiger charge is -2.28. The Morgan fingerprint density at radius 1 is 1.11 bits per heavy atom. The van der Waals surface area contributed by atoms with E-state index in [1.165, 1.54) is 21.3 Å². The summed E-state index contributed by atoms with van der Waals surface area (Å²) >= 11 is 0. The van der Waals surface area contributed by atoms with E-state index < -0.39 is 14.8 Å². The molecule has 0 saturated carbocycles. The molecule has 1 N–H and O–H groups in total. The molecule has 0 spiro atoms.